The number of fused-ring (bicyclic) bond motifs is 1. The molecule has 3 rings (SSSR count). The Morgan fingerprint density at radius 2 is 2.12 bits per heavy atom. The van der Waals surface area contributed by atoms with Gasteiger partial charge in [0.1, 0.15) is 0 Å². The van der Waals surface area contributed by atoms with Gasteiger partial charge in [-0.1, -0.05) is 19.9 Å². The lowest BCUT2D eigenvalue weighted by Gasteiger charge is -2.17. The van der Waals surface area contributed by atoms with Gasteiger partial charge in [0, 0.05) is 17.4 Å². The van der Waals surface area contributed by atoms with Crippen LogP contribution in [-0.4, -0.2) is 28.0 Å². The van der Waals surface area contributed by atoms with E-state index in [9.17, 15) is 5.02 Å². The third-order valence-corrected chi connectivity index (χ3v) is 4.56. The van der Waals surface area contributed by atoms with E-state index in [1.165, 1.54) is 5.56 Å². The predicted octanol–water partition coefficient (Wildman–Crippen LogP) is 2.84. The summed E-state index contributed by atoms with van der Waals surface area (Å²) in [6, 6.07) is 6.00. The molecule has 2 heterocycles. The summed E-state index contributed by atoms with van der Waals surface area (Å²) in [5.41, 5.74) is 4.08. The fourth-order valence-corrected chi connectivity index (χ4v) is 3.02. The molecule has 5 nitrogen and oxygen atoms in total. The Morgan fingerprint density at radius 3 is 2.88 bits per heavy atom. The lowest BCUT2D eigenvalue weighted by atomic mass is 9.63. The minimum atomic E-state index is -0.329. The molecular formula is C18H24BN3O2. The molecule has 0 radical (unpaired) electrons. The Hall–Kier alpha value is -2.08. The molecule has 0 amide bonds. The van der Waals surface area contributed by atoms with E-state index in [0.29, 0.717) is 11.8 Å². The molecular weight excluding hydrogens is 301 g/mol. The normalized spacial score (nSPS) is 13.3. The first kappa shape index (κ1) is 16.8. The SMILES string of the molecule is CCC(CC)Oc1nc(Nc2ccc3c(c2)CCB3O)ncc1C. The number of ether oxygens (including phenoxy) is 1. The third kappa shape index (κ3) is 3.54. The molecule has 0 saturated heterocycles. The van der Waals surface area contributed by atoms with Crippen molar-refractivity contribution >= 4 is 24.0 Å². The molecule has 0 unspecified atom stereocenters. The molecule has 0 aliphatic carbocycles. The average molecular weight is 325 g/mol. The molecule has 126 valence electrons. The first-order valence-corrected chi connectivity index (χ1v) is 8.68. The van der Waals surface area contributed by atoms with Crippen molar-refractivity contribution < 1.29 is 9.76 Å². The van der Waals surface area contributed by atoms with E-state index in [-0.39, 0.29) is 13.0 Å². The van der Waals surface area contributed by atoms with Crippen molar-refractivity contribution in [2.75, 3.05) is 5.32 Å². The van der Waals surface area contributed by atoms with Crippen LogP contribution in [0.4, 0.5) is 11.6 Å². The summed E-state index contributed by atoms with van der Waals surface area (Å²) in [4.78, 5) is 8.87. The first-order valence-electron chi connectivity index (χ1n) is 8.68. The quantitative estimate of drug-likeness (QED) is 0.800. The smallest absolute Gasteiger partial charge is 0.324 e. The summed E-state index contributed by atoms with van der Waals surface area (Å²) < 4.78 is 5.99. The average Bonchev–Trinajstić information content (AvgIpc) is 2.96. The zero-order valence-electron chi connectivity index (χ0n) is 14.5. The summed E-state index contributed by atoms with van der Waals surface area (Å²) in [7, 11) is 0. The molecule has 0 saturated carbocycles. The number of nitrogens with zero attached hydrogens (tertiary/aromatic N) is 2. The Labute approximate surface area is 143 Å². The number of hydrogen-bond donors (Lipinski definition) is 2. The molecule has 2 N–H and O–H groups in total. The van der Waals surface area contributed by atoms with Crippen molar-refractivity contribution in [2.45, 2.75) is 52.5 Å². The Morgan fingerprint density at radius 1 is 1.33 bits per heavy atom. The fraction of sp³-hybridized carbons (Fsp3) is 0.444. The van der Waals surface area contributed by atoms with Crippen LogP contribution in [0.5, 0.6) is 5.88 Å². The van der Waals surface area contributed by atoms with E-state index >= 15 is 0 Å². The van der Waals surface area contributed by atoms with Crippen LogP contribution in [0.3, 0.4) is 0 Å². The number of anilines is 2. The molecule has 0 atom stereocenters. The number of hydrogen-bond acceptors (Lipinski definition) is 5. The van der Waals surface area contributed by atoms with Crippen LogP contribution in [0.25, 0.3) is 0 Å². The number of rotatable bonds is 6. The van der Waals surface area contributed by atoms with Gasteiger partial charge in [-0.15, -0.1) is 0 Å². The van der Waals surface area contributed by atoms with Gasteiger partial charge in [0.25, 0.3) is 0 Å². The maximum atomic E-state index is 9.90. The molecule has 0 spiro atoms. The summed E-state index contributed by atoms with van der Waals surface area (Å²) in [6.45, 7) is 5.86. The van der Waals surface area contributed by atoms with E-state index in [1.54, 1.807) is 6.20 Å². The van der Waals surface area contributed by atoms with Gasteiger partial charge < -0.3 is 15.1 Å². The molecule has 2 aromatic rings. The highest BCUT2D eigenvalue weighted by atomic mass is 16.5. The van der Waals surface area contributed by atoms with Crippen LogP contribution in [0.2, 0.25) is 6.32 Å². The summed E-state index contributed by atoms with van der Waals surface area (Å²) in [6.07, 6.45) is 5.57. The minimum Gasteiger partial charge on any atom is -0.474 e. The second-order valence-corrected chi connectivity index (χ2v) is 6.33. The highest BCUT2D eigenvalue weighted by Gasteiger charge is 2.24. The van der Waals surface area contributed by atoms with E-state index in [2.05, 4.69) is 35.2 Å². The third-order valence-electron chi connectivity index (χ3n) is 4.56. The zero-order valence-corrected chi connectivity index (χ0v) is 14.5. The molecule has 0 bridgehead atoms. The van der Waals surface area contributed by atoms with E-state index in [4.69, 9.17) is 4.74 Å². The van der Waals surface area contributed by atoms with Crippen LogP contribution in [0.1, 0.15) is 37.8 Å². The number of aromatic nitrogens is 2. The van der Waals surface area contributed by atoms with Crippen molar-refractivity contribution in [1.82, 2.24) is 9.97 Å². The Balaban J connectivity index is 1.78. The summed E-state index contributed by atoms with van der Waals surface area (Å²) >= 11 is 0. The van der Waals surface area contributed by atoms with Gasteiger partial charge in [0.15, 0.2) is 0 Å². The monoisotopic (exact) mass is 325 g/mol. The lowest BCUT2D eigenvalue weighted by molar-refractivity contribution is 0.183. The Kier molecular flexibility index (Phi) is 5.04. The maximum Gasteiger partial charge on any atom is 0.324 e. The van der Waals surface area contributed by atoms with Gasteiger partial charge in [-0.3, -0.25) is 0 Å². The van der Waals surface area contributed by atoms with Crippen LogP contribution in [0, 0.1) is 6.92 Å². The van der Waals surface area contributed by atoms with Gasteiger partial charge in [-0.2, -0.15) is 4.98 Å². The van der Waals surface area contributed by atoms with Gasteiger partial charge >= 0.3 is 6.92 Å². The van der Waals surface area contributed by atoms with E-state index in [0.717, 1.165) is 42.3 Å². The van der Waals surface area contributed by atoms with Crippen LogP contribution < -0.4 is 15.5 Å². The van der Waals surface area contributed by atoms with Gasteiger partial charge in [0.2, 0.25) is 11.8 Å². The van der Waals surface area contributed by atoms with E-state index in [1.807, 2.05) is 19.1 Å². The lowest BCUT2D eigenvalue weighted by Crippen LogP contribution is -2.25. The van der Waals surface area contributed by atoms with Crippen LogP contribution in [0.15, 0.2) is 24.4 Å². The largest absolute Gasteiger partial charge is 0.474 e. The second-order valence-electron chi connectivity index (χ2n) is 6.33. The highest BCUT2D eigenvalue weighted by Crippen LogP contribution is 2.23. The molecule has 1 aromatic heterocycles. The minimum absolute atomic E-state index is 0.174. The maximum absolute atomic E-state index is 9.90. The van der Waals surface area contributed by atoms with Gasteiger partial charge in [0.05, 0.1) is 6.10 Å². The molecule has 1 aliphatic heterocycles. The molecule has 0 fully saturated rings. The number of nitrogens with one attached hydrogen (secondary N) is 1. The Bertz CT molecular complexity index is 719. The summed E-state index contributed by atoms with van der Waals surface area (Å²) in [5.74, 6) is 1.16. The molecule has 6 heteroatoms. The van der Waals surface area contributed by atoms with Crippen molar-refractivity contribution in [3.8, 4) is 5.88 Å². The standard InChI is InChI=1S/C18H24BN3O2/c1-4-15(5-2)24-17-12(3)11-20-18(22-17)21-14-6-7-16-13(10-14)8-9-19(16)23/h6-7,10-11,15,23H,4-5,8-9H2,1-3H3,(H,20,21,22). The molecule has 24 heavy (non-hydrogen) atoms. The second kappa shape index (κ2) is 7.22. The predicted molar refractivity (Wildman–Crippen MR) is 97.6 cm³/mol. The van der Waals surface area contributed by atoms with Crippen molar-refractivity contribution in [2.24, 2.45) is 0 Å². The topological polar surface area (TPSA) is 67.3 Å². The van der Waals surface area contributed by atoms with Crippen molar-refractivity contribution in [1.29, 1.82) is 0 Å². The van der Waals surface area contributed by atoms with Gasteiger partial charge in [-0.25, -0.2) is 4.98 Å². The van der Waals surface area contributed by atoms with Crippen molar-refractivity contribution in [3.63, 3.8) is 0 Å². The van der Waals surface area contributed by atoms with Crippen LogP contribution in [-0.2, 0) is 6.42 Å². The highest BCUT2D eigenvalue weighted by molar-refractivity contribution is 6.68. The fourth-order valence-electron chi connectivity index (χ4n) is 3.02. The van der Waals surface area contributed by atoms with Crippen molar-refractivity contribution in [3.05, 3.63) is 35.5 Å². The van der Waals surface area contributed by atoms with Gasteiger partial charge in [-0.05, 0) is 55.7 Å². The molecule has 1 aliphatic rings. The van der Waals surface area contributed by atoms with E-state index < -0.39 is 0 Å². The number of aryl methyl sites for hydroxylation is 2. The van der Waals surface area contributed by atoms with Crippen LogP contribution >= 0.6 is 0 Å². The molecule has 1 aromatic carbocycles. The number of benzene rings is 1. The zero-order chi connectivity index (χ0) is 17.1. The summed E-state index contributed by atoms with van der Waals surface area (Å²) in [5, 5.41) is 13.1. The first-order chi connectivity index (χ1) is 11.6.